The van der Waals surface area contributed by atoms with E-state index in [0.29, 0.717) is 28.5 Å². The number of hydrogen-bond acceptors (Lipinski definition) is 4. The van der Waals surface area contributed by atoms with E-state index < -0.39 is 12.1 Å². The fourth-order valence-corrected chi connectivity index (χ4v) is 3.13. The molecule has 0 fully saturated rings. The molecule has 27 heavy (non-hydrogen) atoms. The first-order valence-electron chi connectivity index (χ1n) is 8.51. The van der Waals surface area contributed by atoms with Gasteiger partial charge in [-0.1, -0.05) is 29.8 Å². The molecule has 1 N–H and O–H groups in total. The summed E-state index contributed by atoms with van der Waals surface area (Å²) in [5, 5.41) is 3.42. The predicted octanol–water partition coefficient (Wildman–Crippen LogP) is 4.00. The molecule has 1 aromatic heterocycles. The maximum atomic E-state index is 12.4. The number of esters is 1. The van der Waals surface area contributed by atoms with Crippen LogP contribution in [0.2, 0.25) is 5.02 Å². The fourth-order valence-electron chi connectivity index (χ4n) is 3.01. The third kappa shape index (κ3) is 3.73. The average Bonchev–Trinajstić information content (AvgIpc) is 3.15. The van der Waals surface area contributed by atoms with Gasteiger partial charge >= 0.3 is 5.97 Å². The van der Waals surface area contributed by atoms with Crippen LogP contribution in [0.15, 0.2) is 65.1 Å². The Morgan fingerprint density at radius 3 is 2.67 bits per heavy atom. The molecule has 2 heterocycles. The first-order chi connectivity index (χ1) is 13.1. The van der Waals surface area contributed by atoms with Crippen molar-refractivity contribution in [2.24, 2.45) is 0 Å². The van der Waals surface area contributed by atoms with Crippen LogP contribution < -0.4 is 5.32 Å². The van der Waals surface area contributed by atoms with Crippen LogP contribution in [0.5, 0.6) is 0 Å². The number of amides is 1. The summed E-state index contributed by atoms with van der Waals surface area (Å²) < 4.78 is 11.0. The quantitative estimate of drug-likeness (QED) is 0.693. The molecule has 0 spiro atoms. The van der Waals surface area contributed by atoms with Gasteiger partial charge in [-0.2, -0.15) is 0 Å². The molecule has 136 valence electrons. The number of halogens is 1. The van der Waals surface area contributed by atoms with E-state index in [1.807, 2.05) is 30.3 Å². The highest BCUT2D eigenvalue weighted by Crippen LogP contribution is 2.24. The first-order valence-corrected chi connectivity index (χ1v) is 8.89. The number of carbonyl (C=O) groups is 2. The number of furan rings is 1. The molecule has 0 saturated carbocycles. The van der Waals surface area contributed by atoms with Crippen molar-refractivity contribution in [3.63, 3.8) is 0 Å². The van der Waals surface area contributed by atoms with Crippen LogP contribution in [0.4, 0.5) is 0 Å². The summed E-state index contributed by atoms with van der Waals surface area (Å²) >= 11 is 5.89. The summed E-state index contributed by atoms with van der Waals surface area (Å²) in [6, 6.07) is 18.1. The lowest BCUT2D eigenvalue weighted by molar-refractivity contribution is -0.130. The number of rotatable bonds is 4. The minimum atomic E-state index is -0.835. The van der Waals surface area contributed by atoms with Crippen LogP contribution in [0.25, 0.3) is 11.3 Å². The van der Waals surface area contributed by atoms with Gasteiger partial charge in [0.2, 0.25) is 0 Å². The lowest BCUT2D eigenvalue weighted by Gasteiger charge is -2.23. The van der Waals surface area contributed by atoms with Crippen molar-refractivity contribution in [3.05, 3.63) is 82.6 Å². The zero-order chi connectivity index (χ0) is 18.8. The van der Waals surface area contributed by atoms with Crippen LogP contribution in [0, 0.1) is 0 Å². The first kappa shape index (κ1) is 17.4. The van der Waals surface area contributed by atoms with E-state index in [1.54, 1.807) is 30.3 Å². The topological polar surface area (TPSA) is 68.5 Å². The minimum Gasteiger partial charge on any atom is -0.459 e. The van der Waals surface area contributed by atoms with Crippen molar-refractivity contribution in [1.29, 1.82) is 0 Å². The molecular weight excluding hydrogens is 366 g/mol. The number of ether oxygens (including phenoxy) is 1. The lowest BCUT2D eigenvalue weighted by Crippen LogP contribution is -2.41. The standard InChI is InChI=1S/C21H16ClNO4/c22-15-7-5-13(6-8-15)18-10-9-16(26-18)12-23-20(24)19-11-14-3-1-2-4-17(14)21(25)27-19/h1-10,19H,11-12H2,(H,23,24). The van der Waals surface area contributed by atoms with E-state index in [2.05, 4.69) is 5.32 Å². The van der Waals surface area contributed by atoms with Crippen LogP contribution >= 0.6 is 11.6 Å². The molecule has 6 heteroatoms. The zero-order valence-electron chi connectivity index (χ0n) is 14.3. The molecule has 1 unspecified atom stereocenters. The predicted molar refractivity (Wildman–Crippen MR) is 100 cm³/mol. The SMILES string of the molecule is O=C1OC(C(=O)NCc2ccc(-c3ccc(Cl)cc3)o2)Cc2ccccc21. The molecule has 0 saturated heterocycles. The molecule has 0 aliphatic carbocycles. The number of hydrogen-bond donors (Lipinski definition) is 1. The van der Waals surface area contributed by atoms with E-state index in [0.717, 1.165) is 11.1 Å². The van der Waals surface area contributed by atoms with Gasteiger partial charge in [0.25, 0.3) is 5.91 Å². The normalized spacial score (nSPS) is 15.7. The highest BCUT2D eigenvalue weighted by molar-refractivity contribution is 6.30. The second-order valence-electron chi connectivity index (χ2n) is 6.25. The van der Waals surface area contributed by atoms with Crippen molar-refractivity contribution >= 4 is 23.5 Å². The summed E-state index contributed by atoms with van der Waals surface area (Å²) in [5.74, 6) is 0.479. The molecule has 1 aliphatic rings. The van der Waals surface area contributed by atoms with Crippen LogP contribution in [0.1, 0.15) is 21.7 Å². The molecule has 1 aliphatic heterocycles. The summed E-state index contributed by atoms with van der Waals surface area (Å²) in [6.45, 7) is 0.210. The molecular formula is C21H16ClNO4. The van der Waals surface area contributed by atoms with Crippen LogP contribution in [0.3, 0.4) is 0 Å². The van der Waals surface area contributed by atoms with E-state index in [1.165, 1.54) is 0 Å². The second kappa shape index (κ2) is 7.29. The summed E-state index contributed by atoms with van der Waals surface area (Å²) in [6.07, 6.45) is -0.472. The van der Waals surface area contributed by atoms with Gasteiger partial charge in [-0.05, 0) is 48.0 Å². The minimum absolute atomic E-state index is 0.210. The van der Waals surface area contributed by atoms with Gasteiger partial charge in [0, 0.05) is 17.0 Å². The van der Waals surface area contributed by atoms with Crippen LogP contribution in [-0.4, -0.2) is 18.0 Å². The van der Waals surface area contributed by atoms with Gasteiger partial charge < -0.3 is 14.5 Å². The average molecular weight is 382 g/mol. The Hall–Kier alpha value is -3.05. The highest BCUT2D eigenvalue weighted by atomic mass is 35.5. The van der Waals surface area contributed by atoms with Gasteiger partial charge in [-0.3, -0.25) is 4.79 Å². The number of benzene rings is 2. The monoisotopic (exact) mass is 381 g/mol. The third-order valence-electron chi connectivity index (χ3n) is 4.41. The zero-order valence-corrected chi connectivity index (χ0v) is 15.0. The van der Waals surface area contributed by atoms with Crippen LogP contribution in [-0.2, 0) is 22.5 Å². The van der Waals surface area contributed by atoms with E-state index in [4.69, 9.17) is 20.8 Å². The van der Waals surface area contributed by atoms with E-state index in [-0.39, 0.29) is 12.5 Å². The largest absolute Gasteiger partial charge is 0.459 e. The molecule has 0 bridgehead atoms. The van der Waals surface area contributed by atoms with Crippen molar-refractivity contribution in [2.45, 2.75) is 19.1 Å². The van der Waals surface area contributed by atoms with E-state index in [9.17, 15) is 9.59 Å². The molecule has 2 aromatic carbocycles. The van der Waals surface area contributed by atoms with Crippen molar-refractivity contribution in [1.82, 2.24) is 5.32 Å². The summed E-state index contributed by atoms with van der Waals surface area (Å²) in [5.41, 5.74) is 2.23. The Labute approximate surface area is 160 Å². The second-order valence-corrected chi connectivity index (χ2v) is 6.68. The van der Waals surface area contributed by atoms with Gasteiger partial charge in [-0.15, -0.1) is 0 Å². The number of cyclic esters (lactones) is 1. The van der Waals surface area contributed by atoms with Gasteiger partial charge in [-0.25, -0.2) is 4.79 Å². The number of nitrogens with one attached hydrogen (secondary N) is 1. The molecule has 3 aromatic rings. The maximum Gasteiger partial charge on any atom is 0.339 e. The summed E-state index contributed by atoms with van der Waals surface area (Å²) in [7, 11) is 0. The molecule has 0 radical (unpaired) electrons. The highest BCUT2D eigenvalue weighted by Gasteiger charge is 2.30. The summed E-state index contributed by atoms with van der Waals surface area (Å²) in [4.78, 5) is 24.4. The number of carbonyl (C=O) groups excluding carboxylic acids is 2. The van der Waals surface area contributed by atoms with Gasteiger partial charge in [0.05, 0.1) is 12.1 Å². The van der Waals surface area contributed by atoms with E-state index >= 15 is 0 Å². The Bertz CT molecular complexity index is 993. The molecule has 5 nitrogen and oxygen atoms in total. The fraction of sp³-hybridized carbons (Fsp3) is 0.143. The Morgan fingerprint density at radius 1 is 1.07 bits per heavy atom. The van der Waals surface area contributed by atoms with Gasteiger partial charge in [0.15, 0.2) is 6.10 Å². The van der Waals surface area contributed by atoms with Gasteiger partial charge in [0.1, 0.15) is 11.5 Å². The smallest absolute Gasteiger partial charge is 0.339 e. The number of fused-ring (bicyclic) bond motifs is 1. The van der Waals surface area contributed by atoms with Crippen molar-refractivity contribution in [2.75, 3.05) is 0 Å². The molecule has 1 amide bonds. The van der Waals surface area contributed by atoms with Crippen molar-refractivity contribution in [3.8, 4) is 11.3 Å². The Kier molecular flexibility index (Phi) is 4.69. The molecule has 4 rings (SSSR count). The van der Waals surface area contributed by atoms with Crippen molar-refractivity contribution < 1.29 is 18.7 Å². The third-order valence-corrected chi connectivity index (χ3v) is 4.66. The molecule has 1 atom stereocenters. The Morgan fingerprint density at radius 2 is 1.85 bits per heavy atom. The Balaban J connectivity index is 1.39. The lowest BCUT2D eigenvalue weighted by atomic mass is 9.98. The maximum absolute atomic E-state index is 12.4.